The molecule has 1 heteroatoms. The molecule has 0 amide bonds. The standard InChI is InChI=1S/C17H27N/c1-12-10-13(2)16(14(3)11-12)8-9-17(18)15-6-4-5-7-15/h10-11,15,17H,4-9,18H2,1-3H3. The molecule has 0 spiro atoms. The van der Waals surface area contributed by atoms with Gasteiger partial charge < -0.3 is 5.73 Å². The molecule has 1 aliphatic rings. The molecule has 0 aliphatic heterocycles. The van der Waals surface area contributed by atoms with Crippen LogP contribution in [0.1, 0.15) is 54.4 Å². The maximum atomic E-state index is 6.36. The van der Waals surface area contributed by atoms with Crippen molar-refractivity contribution in [3.8, 4) is 0 Å². The Morgan fingerprint density at radius 2 is 1.67 bits per heavy atom. The molecular weight excluding hydrogens is 218 g/mol. The second kappa shape index (κ2) is 5.88. The first-order chi connectivity index (χ1) is 8.58. The molecule has 18 heavy (non-hydrogen) atoms. The molecule has 0 heterocycles. The highest BCUT2D eigenvalue weighted by molar-refractivity contribution is 5.37. The number of benzene rings is 1. The summed E-state index contributed by atoms with van der Waals surface area (Å²) < 4.78 is 0. The average Bonchev–Trinajstić information content (AvgIpc) is 2.80. The minimum absolute atomic E-state index is 0.410. The van der Waals surface area contributed by atoms with Crippen LogP contribution < -0.4 is 5.73 Å². The highest BCUT2D eigenvalue weighted by Gasteiger charge is 2.21. The number of hydrogen-bond donors (Lipinski definition) is 1. The van der Waals surface area contributed by atoms with Crippen LogP contribution in [-0.4, -0.2) is 6.04 Å². The van der Waals surface area contributed by atoms with E-state index in [0.29, 0.717) is 6.04 Å². The number of rotatable bonds is 4. The van der Waals surface area contributed by atoms with Crippen LogP contribution in [0.4, 0.5) is 0 Å². The van der Waals surface area contributed by atoms with Crippen molar-refractivity contribution in [2.45, 2.75) is 65.3 Å². The normalized spacial score (nSPS) is 18.2. The summed E-state index contributed by atoms with van der Waals surface area (Å²) >= 11 is 0. The van der Waals surface area contributed by atoms with Crippen LogP contribution in [0.5, 0.6) is 0 Å². The lowest BCUT2D eigenvalue weighted by Crippen LogP contribution is -2.29. The Kier molecular flexibility index (Phi) is 4.45. The SMILES string of the molecule is Cc1cc(C)c(CCC(N)C2CCCC2)c(C)c1. The van der Waals surface area contributed by atoms with E-state index in [1.165, 1.54) is 47.9 Å². The van der Waals surface area contributed by atoms with E-state index >= 15 is 0 Å². The smallest absolute Gasteiger partial charge is 0.00703 e. The third-order valence-corrected chi connectivity index (χ3v) is 4.57. The van der Waals surface area contributed by atoms with E-state index in [-0.39, 0.29) is 0 Å². The van der Waals surface area contributed by atoms with Crippen molar-refractivity contribution in [1.82, 2.24) is 0 Å². The molecule has 1 fully saturated rings. The van der Waals surface area contributed by atoms with Crippen LogP contribution in [0.25, 0.3) is 0 Å². The molecule has 0 radical (unpaired) electrons. The van der Waals surface area contributed by atoms with Crippen LogP contribution in [0, 0.1) is 26.7 Å². The van der Waals surface area contributed by atoms with E-state index in [4.69, 9.17) is 5.73 Å². The second-order valence-corrected chi connectivity index (χ2v) is 6.12. The monoisotopic (exact) mass is 245 g/mol. The topological polar surface area (TPSA) is 26.0 Å². The summed E-state index contributed by atoms with van der Waals surface area (Å²) in [5, 5.41) is 0. The molecule has 2 rings (SSSR count). The lowest BCUT2D eigenvalue weighted by molar-refractivity contribution is 0.410. The van der Waals surface area contributed by atoms with Gasteiger partial charge in [0.25, 0.3) is 0 Å². The van der Waals surface area contributed by atoms with Crippen LogP contribution in [0.3, 0.4) is 0 Å². The Morgan fingerprint density at radius 3 is 2.22 bits per heavy atom. The van der Waals surface area contributed by atoms with E-state index in [2.05, 4.69) is 32.9 Å². The third-order valence-electron chi connectivity index (χ3n) is 4.57. The summed E-state index contributed by atoms with van der Waals surface area (Å²) in [5.41, 5.74) is 12.1. The lowest BCUT2D eigenvalue weighted by atomic mass is 9.90. The molecule has 100 valence electrons. The van der Waals surface area contributed by atoms with Crippen LogP contribution in [0.2, 0.25) is 0 Å². The summed E-state index contributed by atoms with van der Waals surface area (Å²) in [6.45, 7) is 6.64. The number of hydrogen-bond acceptors (Lipinski definition) is 1. The highest BCUT2D eigenvalue weighted by Crippen LogP contribution is 2.29. The van der Waals surface area contributed by atoms with Gasteiger partial charge in [0.2, 0.25) is 0 Å². The molecule has 1 nitrogen and oxygen atoms in total. The van der Waals surface area contributed by atoms with Crippen molar-refractivity contribution in [2.24, 2.45) is 11.7 Å². The van der Waals surface area contributed by atoms with Gasteiger partial charge in [-0.2, -0.15) is 0 Å². The van der Waals surface area contributed by atoms with Gasteiger partial charge >= 0.3 is 0 Å². The fourth-order valence-electron chi connectivity index (χ4n) is 3.54. The largest absolute Gasteiger partial charge is 0.327 e. The van der Waals surface area contributed by atoms with Crippen molar-refractivity contribution < 1.29 is 0 Å². The molecular formula is C17H27N. The van der Waals surface area contributed by atoms with Gasteiger partial charge in [0, 0.05) is 6.04 Å². The molecule has 0 saturated heterocycles. The molecule has 1 saturated carbocycles. The first-order valence-corrected chi connectivity index (χ1v) is 7.40. The van der Waals surface area contributed by atoms with Gasteiger partial charge in [0.15, 0.2) is 0 Å². The first kappa shape index (κ1) is 13.6. The van der Waals surface area contributed by atoms with E-state index in [9.17, 15) is 0 Å². The van der Waals surface area contributed by atoms with Crippen molar-refractivity contribution >= 4 is 0 Å². The van der Waals surface area contributed by atoms with Gasteiger partial charge in [-0.1, -0.05) is 30.5 Å². The molecule has 1 atom stereocenters. The summed E-state index contributed by atoms with van der Waals surface area (Å²) in [6.07, 6.45) is 7.78. The van der Waals surface area contributed by atoms with Crippen molar-refractivity contribution in [2.75, 3.05) is 0 Å². The molecule has 0 aromatic heterocycles. The molecule has 1 aromatic carbocycles. The number of nitrogens with two attached hydrogens (primary N) is 1. The average molecular weight is 245 g/mol. The van der Waals surface area contributed by atoms with Gasteiger partial charge in [-0.25, -0.2) is 0 Å². The quantitative estimate of drug-likeness (QED) is 0.850. The summed E-state index contributed by atoms with van der Waals surface area (Å²) in [7, 11) is 0. The van der Waals surface area contributed by atoms with E-state index in [1.54, 1.807) is 0 Å². The molecule has 0 bridgehead atoms. The molecule has 2 N–H and O–H groups in total. The van der Waals surface area contributed by atoms with Gasteiger partial charge in [-0.3, -0.25) is 0 Å². The highest BCUT2D eigenvalue weighted by atomic mass is 14.6. The predicted octanol–water partition coefficient (Wildman–Crippen LogP) is 4.06. The van der Waals surface area contributed by atoms with E-state index in [1.807, 2.05) is 0 Å². The van der Waals surface area contributed by atoms with Crippen molar-refractivity contribution in [1.29, 1.82) is 0 Å². The van der Waals surface area contributed by atoms with Crippen molar-refractivity contribution in [3.05, 3.63) is 34.4 Å². The zero-order valence-electron chi connectivity index (χ0n) is 12.1. The summed E-state index contributed by atoms with van der Waals surface area (Å²) in [5.74, 6) is 0.788. The zero-order valence-corrected chi connectivity index (χ0v) is 12.1. The van der Waals surface area contributed by atoms with Gasteiger partial charge in [0.05, 0.1) is 0 Å². The minimum Gasteiger partial charge on any atom is -0.327 e. The summed E-state index contributed by atoms with van der Waals surface area (Å²) in [4.78, 5) is 0. The number of aryl methyl sites for hydroxylation is 3. The molecule has 1 aliphatic carbocycles. The van der Waals surface area contributed by atoms with Crippen molar-refractivity contribution in [3.63, 3.8) is 0 Å². The zero-order chi connectivity index (χ0) is 13.1. The maximum absolute atomic E-state index is 6.36. The Hall–Kier alpha value is -0.820. The fourth-order valence-corrected chi connectivity index (χ4v) is 3.54. The molecule has 1 aromatic rings. The summed E-state index contributed by atoms with van der Waals surface area (Å²) in [6, 6.07) is 5.00. The fraction of sp³-hybridized carbons (Fsp3) is 0.647. The Bertz CT molecular complexity index is 379. The van der Waals surface area contributed by atoms with Crippen LogP contribution in [-0.2, 0) is 6.42 Å². The van der Waals surface area contributed by atoms with Gasteiger partial charge in [-0.15, -0.1) is 0 Å². The van der Waals surface area contributed by atoms with E-state index < -0.39 is 0 Å². The molecule has 1 unspecified atom stereocenters. The Balaban J connectivity index is 1.97. The predicted molar refractivity (Wildman–Crippen MR) is 78.9 cm³/mol. The second-order valence-electron chi connectivity index (χ2n) is 6.12. The third kappa shape index (κ3) is 3.14. The first-order valence-electron chi connectivity index (χ1n) is 7.40. The lowest BCUT2D eigenvalue weighted by Gasteiger charge is -2.20. The van der Waals surface area contributed by atoms with Crippen LogP contribution in [0.15, 0.2) is 12.1 Å². The van der Waals surface area contributed by atoms with Gasteiger partial charge in [-0.05, 0) is 69.1 Å². The van der Waals surface area contributed by atoms with E-state index in [0.717, 1.165) is 18.8 Å². The van der Waals surface area contributed by atoms with Crippen LogP contribution >= 0.6 is 0 Å². The Labute approximate surface area is 112 Å². The minimum atomic E-state index is 0.410. The Morgan fingerprint density at radius 1 is 1.11 bits per heavy atom. The maximum Gasteiger partial charge on any atom is 0.00703 e. The van der Waals surface area contributed by atoms with Gasteiger partial charge in [0.1, 0.15) is 0 Å².